The standard InChI is InChI=1S/C13H8BrClF3N/c14-8-5-11(17)7(4-12(8)18)13(19)6-1-2-10(16)9(15)3-6/h1-5,13H,19H2. The summed E-state index contributed by atoms with van der Waals surface area (Å²) in [6.07, 6.45) is 0. The lowest BCUT2D eigenvalue weighted by Gasteiger charge is -2.14. The third-order valence-corrected chi connectivity index (χ3v) is 3.57. The summed E-state index contributed by atoms with van der Waals surface area (Å²) in [6, 6.07) is 4.87. The summed E-state index contributed by atoms with van der Waals surface area (Å²) in [6.45, 7) is 0. The monoisotopic (exact) mass is 349 g/mol. The van der Waals surface area contributed by atoms with Crippen LogP contribution in [0.1, 0.15) is 17.2 Å². The van der Waals surface area contributed by atoms with Crippen LogP contribution in [0.25, 0.3) is 0 Å². The largest absolute Gasteiger partial charge is 0.320 e. The molecule has 2 rings (SSSR count). The van der Waals surface area contributed by atoms with Crippen LogP contribution in [0.4, 0.5) is 13.2 Å². The third-order valence-electron chi connectivity index (χ3n) is 2.68. The predicted molar refractivity (Wildman–Crippen MR) is 71.5 cm³/mol. The molecule has 0 bridgehead atoms. The third kappa shape index (κ3) is 2.94. The van der Waals surface area contributed by atoms with Crippen LogP contribution in [0.3, 0.4) is 0 Å². The summed E-state index contributed by atoms with van der Waals surface area (Å²) < 4.78 is 40.2. The molecule has 1 unspecified atom stereocenters. The van der Waals surface area contributed by atoms with Crippen LogP contribution in [0.2, 0.25) is 5.02 Å². The van der Waals surface area contributed by atoms with Crippen LogP contribution in [-0.4, -0.2) is 0 Å². The predicted octanol–water partition coefficient (Wildman–Crippen LogP) is 4.57. The molecule has 0 aliphatic rings. The van der Waals surface area contributed by atoms with Crippen molar-refractivity contribution < 1.29 is 13.2 Å². The first-order valence-electron chi connectivity index (χ1n) is 5.25. The molecule has 0 fully saturated rings. The van der Waals surface area contributed by atoms with Crippen LogP contribution < -0.4 is 5.73 Å². The molecule has 0 heterocycles. The fraction of sp³-hybridized carbons (Fsp3) is 0.0769. The lowest BCUT2D eigenvalue weighted by atomic mass is 9.99. The van der Waals surface area contributed by atoms with Gasteiger partial charge in [0.2, 0.25) is 0 Å². The first kappa shape index (κ1) is 14.4. The molecule has 0 aromatic heterocycles. The van der Waals surface area contributed by atoms with Crippen molar-refractivity contribution >= 4 is 27.5 Å². The maximum atomic E-state index is 13.8. The van der Waals surface area contributed by atoms with Gasteiger partial charge in [-0.25, -0.2) is 13.2 Å². The molecular weight excluding hydrogens is 343 g/mol. The summed E-state index contributed by atoms with van der Waals surface area (Å²) in [5, 5.41) is -0.119. The average molecular weight is 351 g/mol. The smallest absolute Gasteiger partial charge is 0.141 e. The highest BCUT2D eigenvalue weighted by atomic mass is 79.9. The Bertz CT molecular complexity index is 634. The Kier molecular flexibility index (Phi) is 4.18. The minimum atomic E-state index is -0.930. The second-order valence-corrected chi connectivity index (χ2v) is 5.20. The van der Waals surface area contributed by atoms with Gasteiger partial charge in [0.25, 0.3) is 0 Å². The average Bonchev–Trinajstić information content (AvgIpc) is 2.36. The first-order chi connectivity index (χ1) is 8.90. The molecule has 100 valence electrons. The molecule has 0 saturated carbocycles. The molecule has 0 amide bonds. The van der Waals surface area contributed by atoms with Crippen LogP contribution in [0.15, 0.2) is 34.8 Å². The highest BCUT2D eigenvalue weighted by Crippen LogP contribution is 2.28. The summed E-state index contributed by atoms with van der Waals surface area (Å²) in [4.78, 5) is 0. The summed E-state index contributed by atoms with van der Waals surface area (Å²) in [5.41, 5.74) is 6.22. The Balaban J connectivity index is 2.46. The highest BCUT2D eigenvalue weighted by molar-refractivity contribution is 9.10. The van der Waals surface area contributed by atoms with Crippen molar-refractivity contribution in [3.63, 3.8) is 0 Å². The van der Waals surface area contributed by atoms with E-state index in [1.807, 2.05) is 0 Å². The summed E-state index contributed by atoms with van der Waals surface area (Å²) in [7, 11) is 0. The molecule has 0 spiro atoms. The quantitative estimate of drug-likeness (QED) is 0.789. The van der Waals surface area contributed by atoms with Crippen LogP contribution in [0.5, 0.6) is 0 Å². The molecule has 1 atom stereocenters. The van der Waals surface area contributed by atoms with Crippen molar-refractivity contribution in [1.82, 2.24) is 0 Å². The van der Waals surface area contributed by atoms with Crippen LogP contribution in [-0.2, 0) is 0 Å². The van der Waals surface area contributed by atoms with Crippen molar-refractivity contribution in [3.05, 3.63) is 68.4 Å². The van der Waals surface area contributed by atoms with E-state index in [2.05, 4.69) is 15.9 Å². The number of rotatable bonds is 2. The van der Waals surface area contributed by atoms with E-state index in [1.54, 1.807) is 0 Å². The lowest BCUT2D eigenvalue weighted by Crippen LogP contribution is -2.14. The van der Waals surface area contributed by atoms with Crippen molar-refractivity contribution in [2.75, 3.05) is 0 Å². The van der Waals surface area contributed by atoms with Gasteiger partial charge in [0.05, 0.1) is 15.5 Å². The molecular formula is C13H8BrClF3N. The molecule has 1 nitrogen and oxygen atoms in total. The molecule has 6 heteroatoms. The Morgan fingerprint density at radius 3 is 2.32 bits per heavy atom. The number of hydrogen-bond donors (Lipinski definition) is 1. The Morgan fingerprint density at radius 1 is 1.00 bits per heavy atom. The SMILES string of the molecule is NC(c1ccc(F)c(Cl)c1)c1cc(F)c(Br)cc1F. The van der Waals surface area contributed by atoms with Gasteiger partial charge in [-0.2, -0.15) is 0 Å². The molecule has 0 radical (unpaired) electrons. The molecule has 0 aliphatic carbocycles. The maximum absolute atomic E-state index is 13.8. The van der Waals surface area contributed by atoms with E-state index in [4.69, 9.17) is 17.3 Å². The zero-order valence-corrected chi connectivity index (χ0v) is 11.8. The van der Waals surface area contributed by atoms with Crippen molar-refractivity contribution in [3.8, 4) is 0 Å². The number of halogens is 5. The van der Waals surface area contributed by atoms with E-state index in [0.717, 1.165) is 18.2 Å². The Hall–Kier alpha value is -1.04. The fourth-order valence-electron chi connectivity index (χ4n) is 1.66. The maximum Gasteiger partial charge on any atom is 0.141 e. The number of hydrogen-bond acceptors (Lipinski definition) is 1. The zero-order chi connectivity index (χ0) is 14.2. The number of nitrogens with two attached hydrogens (primary N) is 1. The van der Waals surface area contributed by atoms with E-state index >= 15 is 0 Å². The molecule has 0 aliphatic heterocycles. The molecule has 2 aromatic rings. The molecule has 2 N–H and O–H groups in total. The molecule has 19 heavy (non-hydrogen) atoms. The van der Waals surface area contributed by atoms with Gasteiger partial charge in [0.15, 0.2) is 0 Å². The highest BCUT2D eigenvalue weighted by Gasteiger charge is 2.17. The van der Waals surface area contributed by atoms with Gasteiger partial charge >= 0.3 is 0 Å². The zero-order valence-electron chi connectivity index (χ0n) is 9.43. The van der Waals surface area contributed by atoms with Gasteiger partial charge < -0.3 is 5.73 Å². The van der Waals surface area contributed by atoms with Crippen molar-refractivity contribution in [1.29, 1.82) is 0 Å². The Labute approximate surface area is 121 Å². The fourth-order valence-corrected chi connectivity index (χ4v) is 2.17. The van der Waals surface area contributed by atoms with Crippen molar-refractivity contribution in [2.45, 2.75) is 6.04 Å². The van der Waals surface area contributed by atoms with Crippen LogP contribution in [0, 0.1) is 17.5 Å². The minimum Gasteiger partial charge on any atom is -0.320 e. The van der Waals surface area contributed by atoms with E-state index < -0.39 is 23.5 Å². The van der Waals surface area contributed by atoms with E-state index in [9.17, 15) is 13.2 Å². The van der Waals surface area contributed by atoms with Gasteiger partial charge in [0, 0.05) is 5.56 Å². The Morgan fingerprint density at radius 2 is 1.68 bits per heavy atom. The minimum absolute atomic E-state index is 0.0121. The first-order valence-corrected chi connectivity index (χ1v) is 6.42. The normalized spacial score (nSPS) is 12.5. The summed E-state index contributed by atoms with van der Waals surface area (Å²) in [5.74, 6) is -1.87. The summed E-state index contributed by atoms with van der Waals surface area (Å²) >= 11 is 8.52. The lowest BCUT2D eigenvalue weighted by molar-refractivity contribution is 0.571. The van der Waals surface area contributed by atoms with E-state index in [-0.39, 0.29) is 15.1 Å². The van der Waals surface area contributed by atoms with Gasteiger partial charge in [-0.05, 0) is 45.8 Å². The van der Waals surface area contributed by atoms with Crippen molar-refractivity contribution in [2.24, 2.45) is 5.73 Å². The second kappa shape index (κ2) is 5.53. The van der Waals surface area contributed by atoms with E-state index in [0.29, 0.717) is 5.56 Å². The number of benzene rings is 2. The van der Waals surface area contributed by atoms with Crippen LogP contribution >= 0.6 is 27.5 Å². The van der Waals surface area contributed by atoms with Gasteiger partial charge in [0.1, 0.15) is 17.5 Å². The molecule has 2 aromatic carbocycles. The van der Waals surface area contributed by atoms with E-state index in [1.165, 1.54) is 12.1 Å². The second-order valence-electron chi connectivity index (χ2n) is 3.94. The van der Waals surface area contributed by atoms with Gasteiger partial charge in [-0.1, -0.05) is 17.7 Å². The topological polar surface area (TPSA) is 26.0 Å². The van der Waals surface area contributed by atoms with Gasteiger partial charge in [-0.15, -0.1) is 0 Å². The van der Waals surface area contributed by atoms with Gasteiger partial charge in [-0.3, -0.25) is 0 Å². The molecule has 0 saturated heterocycles.